The molecule has 2 aromatic rings. The minimum Gasteiger partial charge on any atom is -0.379 e. The summed E-state index contributed by atoms with van der Waals surface area (Å²) in [5, 5.41) is 16.1. The van der Waals surface area contributed by atoms with Crippen LogP contribution in [-0.2, 0) is 0 Å². The van der Waals surface area contributed by atoms with Gasteiger partial charge in [-0.1, -0.05) is 5.16 Å². The van der Waals surface area contributed by atoms with Crippen LogP contribution in [0.4, 0.5) is 4.39 Å². The monoisotopic (exact) mass is 368 g/mol. The van der Waals surface area contributed by atoms with Crippen molar-refractivity contribution in [2.24, 2.45) is 5.92 Å². The van der Waals surface area contributed by atoms with Gasteiger partial charge in [-0.2, -0.15) is 14.6 Å². The molecular weight excluding hydrogens is 351 g/mol. The second-order valence-electron chi connectivity index (χ2n) is 6.61. The van der Waals surface area contributed by atoms with Gasteiger partial charge < -0.3 is 14.7 Å². The van der Waals surface area contributed by atoms with Gasteiger partial charge >= 0.3 is 0 Å². The van der Waals surface area contributed by atoms with Crippen LogP contribution in [0.15, 0.2) is 28.9 Å². The van der Waals surface area contributed by atoms with Gasteiger partial charge in [0.2, 0.25) is 5.95 Å². The predicted molar refractivity (Wildman–Crippen MR) is 91.5 cm³/mol. The molecule has 1 saturated heterocycles. The maximum absolute atomic E-state index is 13.3. The van der Waals surface area contributed by atoms with Crippen LogP contribution in [0.3, 0.4) is 0 Å². The molecule has 2 aliphatic heterocycles. The first kappa shape index (κ1) is 17.1. The van der Waals surface area contributed by atoms with E-state index in [0.29, 0.717) is 37.0 Å². The van der Waals surface area contributed by atoms with Gasteiger partial charge in [0.15, 0.2) is 5.82 Å². The minimum atomic E-state index is -0.676. The first-order chi connectivity index (χ1) is 13.1. The van der Waals surface area contributed by atoms with Crippen molar-refractivity contribution >= 4 is 11.6 Å². The maximum Gasteiger partial charge on any atom is 0.273 e. The third-order valence-electron chi connectivity index (χ3n) is 4.77. The van der Waals surface area contributed by atoms with Crippen LogP contribution >= 0.6 is 0 Å². The number of likely N-dealkylation sites (tertiary alicyclic amines) is 1. The van der Waals surface area contributed by atoms with E-state index >= 15 is 0 Å². The van der Waals surface area contributed by atoms with Crippen LogP contribution in [0.25, 0.3) is 5.70 Å². The lowest BCUT2D eigenvalue weighted by molar-refractivity contribution is 0.0703. The number of nitrogens with one attached hydrogen (secondary N) is 1. The molecule has 0 aromatic carbocycles. The van der Waals surface area contributed by atoms with E-state index in [9.17, 15) is 9.18 Å². The highest BCUT2D eigenvalue weighted by atomic mass is 19.1. The largest absolute Gasteiger partial charge is 0.379 e. The Kier molecular flexibility index (Phi) is 4.54. The number of pyridine rings is 1. The molecule has 1 N–H and O–H groups in total. The highest BCUT2D eigenvalue weighted by Crippen LogP contribution is 2.27. The molecule has 9 heteroatoms. The third kappa shape index (κ3) is 3.51. The quantitative estimate of drug-likeness (QED) is 0.822. The molecule has 4 rings (SSSR count). The Morgan fingerprint density at radius 3 is 3.15 bits per heavy atom. The van der Waals surface area contributed by atoms with Crippen molar-refractivity contribution in [2.45, 2.75) is 18.8 Å². The molecule has 1 unspecified atom stereocenters. The molecule has 2 aliphatic rings. The maximum atomic E-state index is 13.3. The second-order valence-corrected chi connectivity index (χ2v) is 6.61. The lowest BCUT2D eigenvalue weighted by Gasteiger charge is -2.31. The van der Waals surface area contributed by atoms with Gasteiger partial charge in [-0.25, -0.2) is 4.98 Å². The Balaban J connectivity index is 1.48. The highest BCUT2D eigenvalue weighted by Gasteiger charge is 2.30. The summed E-state index contributed by atoms with van der Waals surface area (Å²) in [4.78, 5) is 22.2. The zero-order valence-electron chi connectivity index (χ0n) is 14.4. The molecule has 0 aliphatic carbocycles. The van der Waals surface area contributed by atoms with Gasteiger partial charge in [-0.3, -0.25) is 4.79 Å². The summed E-state index contributed by atoms with van der Waals surface area (Å²) in [5.74, 6) is -0.291. The number of hydrogen-bond donors (Lipinski definition) is 1. The molecule has 0 saturated carbocycles. The van der Waals surface area contributed by atoms with Crippen LogP contribution in [-0.4, -0.2) is 45.6 Å². The van der Waals surface area contributed by atoms with Crippen molar-refractivity contribution in [3.05, 3.63) is 47.6 Å². The van der Waals surface area contributed by atoms with Gasteiger partial charge in [-0.15, -0.1) is 0 Å². The molecule has 8 nitrogen and oxygen atoms in total. The average molecular weight is 368 g/mol. The number of nitrogens with zero attached hydrogens (tertiary/aromatic N) is 5. The Morgan fingerprint density at radius 2 is 2.37 bits per heavy atom. The fraction of sp³-hybridized carbons (Fsp3) is 0.389. The summed E-state index contributed by atoms with van der Waals surface area (Å²) in [6.07, 6.45) is 4.68. The van der Waals surface area contributed by atoms with Crippen molar-refractivity contribution in [1.82, 2.24) is 25.3 Å². The van der Waals surface area contributed by atoms with Gasteiger partial charge in [0, 0.05) is 43.4 Å². The van der Waals surface area contributed by atoms with Gasteiger partial charge in [0.25, 0.3) is 11.8 Å². The van der Waals surface area contributed by atoms with Crippen LogP contribution < -0.4 is 5.32 Å². The van der Waals surface area contributed by atoms with Crippen molar-refractivity contribution in [3.8, 4) is 6.07 Å². The van der Waals surface area contributed by atoms with E-state index in [1.807, 2.05) is 0 Å². The smallest absolute Gasteiger partial charge is 0.273 e. The first-order valence-electron chi connectivity index (χ1n) is 8.74. The lowest BCUT2D eigenvalue weighted by atomic mass is 9.97. The summed E-state index contributed by atoms with van der Waals surface area (Å²) in [5.41, 5.74) is 0.941. The molecule has 4 heterocycles. The normalized spacial score (nSPS) is 22.1. The van der Waals surface area contributed by atoms with Gasteiger partial charge in [0.05, 0.1) is 17.7 Å². The average Bonchev–Trinajstić information content (AvgIpc) is 3.37. The Morgan fingerprint density at radius 1 is 1.48 bits per heavy atom. The third-order valence-corrected chi connectivity index (χ3v) is 4.77. The summed E-state index contributed by atoms with van der Waals surface area (Å²) in [7, 11) is 0. The molecule has 27 heavy (non-hydrogen) atoms. The predicted octanol–water partition coefficient (Wildman–Crippen LogP) is 1.71. The molecular formula is C18H17FN6O2. The zero-order chi connectivity index (χ0) is 18.8. The molecule has 0 radical (unpaired) electrons. The summed E-state index contributed by atoms with van der Waals surface area (Å²) < 4.78 is 18.6. The number of amides is 1. The molecule has 1 amide bonds. The number of halogens is 1. The van der Waals surface area contributed by atoms with Crippen LogP contribution in [0, 0.1) is 23.2 Å². The Labute approximate surface area is 154 Å². The first-order valence-corrected chi connectivity index (χ1v) is 8.74. The molecule has 0 spiro atoms. The molecule has 0 bridgehead atoms. The van der Waals surface area contributed by atoms with E-state index in [1.165, 1.54) is 12.3 Å². The second kappa shape index (κ2) is 7.15. The van der Waals surface area contributed by atoms with Crippen LogP contribution in [0.5, 0.6) is 0 Å². The number of piperidine rings is 1. The molecule has 2 aromatic heterocycles. The topological polar surface area (TPSA) is 108 Å². The number of nitriles is 1. The SMILES string of the molecule is N#CC1C=C(c2nc([C@H]3CCCN(C(=O)c4ccnc(F)c4)C3)no2)NC1. The van der Waals surface area contributed by atoms with Crippen LogP contribution in [0.2, 0.25) is 0 Å². The lowest BCUT2D eigenvalue weighted by Crippen LogP contribution is -2.39. The minimum absolute atomic E-state index is 0.0550. The summed E-state index contributed by atoms with van der Waals surface area (Å²) in [6.45, 7) is 1.56. The van der Waals surface area contributed by atoms with Gasteiger partial charge in [-0.05, 0) is 25.0 Å². The highest BCUT2D eigenvalue weighted by molar-refractivity contribution is 5.94. The summed E-state index contributed by atoms with van der Waals surface area (Å²) >= 11 is 0. The van der Waals surface area contributed by atoms with Crippen molar-refractivity contribution < 1.29 is 13.7 Å². The van der Waals surface area contributed by atoms with E-state index in [1.54, 1.807) is 11.0 Å². The fourth-order valence-corrected chi connectivity index (χ4v) is 3.37. The van der Waals surface area contributed by atoms with E-state index < -0.39 is 5.95 Å². The van der Waals surface area contributed by atoms with Crippen LogP contribution in [0.1, 0.15) is 40.8 Å². The molecule has 1 fully saturated rings. The summed E-state index contributed by atoms with van der Waals surface area (Å²) in [6, 6.07) is 4.81. The van der Waals surface area contributed by atoms with Gasteiger partial charge in [0.1, 0.15) is 0 Å². The number of rotatable bonds is 3. The van der Waals surface area contributed by atoms with E-state index in [4.69, 9.17) is 9.78 Å². The molecule has 2 atom stereocenters. The van der Waals surface area contributed by atoms with Crippen molar-refractivity contribution in [1.29, 1.82) is 5.26 Å². The number of hydrogen-bond acceptors (Lipinski definition) is 7. The Hall–Kier alpha value is -3.28. The molecule has 138 valence electrons. The number of carbonyl (C=O) groups excluding carboxylic acids is 1. The van der Waals surface area contributed by atoms with Crippen molar-refractivity contribution in [3.63, 3.8) is 0 Å². The van der Waals surface area contributed by atoms with Crippen molar-refractivity contribution in [2.75, 3.05) is 19.6 Å². The Bertz CT molecular complexity index is 934. The van der Waals surface area contributed by atoms with E-state index in [2.05, 4.69) is 26.5 Å². The number of aromatic nitrogens is 3. The standard InChI is InChI=1S/C18H17FN6O2/c19-15-7-12(3-4-21-15)18(26)25-5-1-2-13(10-25)16-23-17(27-24-16)14-6-11(8-20)9-22-14/h3-4,6-7,11,13,22H,1-2,5,9-10H2/t11?,13-/m0/s1. The van der Waals surface area contributed by atoms with E-state index in [0.717, 1.165) is 18.9 Å². The number of carbonyl (C=O) groups is 1. The fourth-order valence-electron chi connectivity index (χ4n) is 3.37. The van der Waals surface area contributed by atoms with E-state index in [-0.39, 0.29) is 23.3 Å². The zero-order valence-corrected chi connectivity index (χ0v) is 14.4.